The Kier molecular flexibility index (Phi) is 3.98. The molecule has 6 heteroatoms. The molecule has 0 amide bonds. The van der Waals surface area contributed by atoms with Crippen molar-refractivity contribution in [3.8, 4) is 0 Å². The maximum absolute atomic E-state index is 10.7. The van der Waals surface area contributed by atoms with Crippen molar-refractivity contribution in [3.05, 3.63) is 52.8 Å². The van der Waals surface area contributed by atoms with E-state index in [0.29, 0.717) is 36.0 Å². The van der Waals surface area contributed by atoms with Crippen LogP contribution in [0.1, 0.15) is 49.4 Å². The molecule has 1 fully saturated rings. The number of rotatable bonds is 3. The van der Waals surface area contributed by atoms with Crippen molar-refractivity contribution in [1.29, 1.82) is 0 Å². The Morgan fingerprint density at radius 1 is 1.17 bits per heavy atom. The molecule has 1 aliphatic rings. The van der Waals surface area contributed by atoms with E-state index in [-0.39, 0.29) is 0 Å². The Balaban J connectivity index is 1.64. The molecule has 124 valence electrons. The maximum Gasteiger partial charge on any atom is 0.258 e. The summed E-state index contributed by atoms with van der Waals surface area (Å²) in [6.07, 6.45) is 6.71. The van der Waals surface area contributed by atoms with Crippen molar-refractivity contribution in [2.75, 3.05) is 0 Å². The summed E-state index contributed by atoms with van der Waals surface area (Å²) in [6.45, 7) is 0. The topological polar surface area (TPSA) is 72.0 Å². The molecule has 0 saturated heterocycles. The van der Waals surface area contributed by atoms with E-state index in [0.717, 1.165) is 35.7 Å². The van der Waals surface area contributed by atoms with Crippen molar-refractivity contribution in [2.24, 2.45) is 0 Å². The third-order valence-electron chi connectivity index (χ3n) is 4.70. The largest absolute Gasteiger partial charge is 0.380 e. The van der Waals surface area contributed by atoms with Crippen LogP contribution in [0, 0.1) is 0 Å². The zero-order valence-corrected chi connectivity index (χ0v) is 14.0. The normalized spacial score (nSPS) is 17.2. The van der Waals surface area contributed by atoms with Gasteiger partial charge in [-0.05, 0) is 36.6 Å². The summed E-state index contributed by atoms with van der Waals surface area (Å²) in [4.78, 5) is 8.87. The van der Waals surface area contributed by atoms with Crippen molar-refractivity contribution in [1.82, 2.24) is 15.1 Å². The second kappa shape index (κ2) is 6.15. The lowest BCUT2D eigenvalue weighted by atomic mass is 9.85. The molecule has 5 nitrogen and oxygen atoms in total. The predicted molar refractivity (Wildman–Crippen MR) is 90.8 cm³/mol. The third-order valence-corrected chi connectivity index (χ3v) is 5.03. The van der Waals surface area contributed by atoms with Gasteiger partial charge in [0.25, 0.3) is 5.89 Å². The number of pyridine rings is 1. The van der Waals surface area contributed by atoms with Crippen LogP contribution in [0.15, 0.2) is 35.0 Å². The van der Waals surface area contributed by atoms with Crippen LogP contribution < -0.4 is 0 Å². The van der Waals surface area contributed by atoms with Crippen molar-refractivity contribution >= 4 is 22.5 Å². The second-order valence-electron chi connectivity index (χ2n) is 6.39. The number of nitrogens with zero attached hydrogens (tertiary/aromatic N) is 3. The standard InChI is InChI=1S/C18H18ClN3O2/c19-14-7-6-12(16-13(14)5-4-10-20-16)11-15-21-17(24-22-15)18(23)8-2-1-3-9-18/h4-7,10,23H,1-3,8-9,11H2. The maximum atomic E-state index is 10.7. The Hall–Kier alpha value is -1.98. The van der Waals surface area contributed by atoms with Crippen LogP contribution in [0.2, 0.25) is 5.02 Å². The quantitative estimate of drug-likeness (QED) is 0.777. The Morgan fingerprint density at radius 2 is 2.00 bits per heavy atom. The molecule has 0 atom stereocenters. The SMILES string of the molecule is OC1(c2nc(Cc3ccc(Cl)c4cccnc34)no2)CCCCC1. The van der Waals surface area contributed by atoms with Crippen LogP contribution in [0.5, 0.6) is 0 Å². The zero-order chi connectivity index (χ0) is 16.6. The molecule has 0 spiro atoms. The molecule has 4 rings (SSSR count). The van der Waals surface area contributed by atoms with E-state index >= 15 is 0 Å². The van der Waals surface area contributed by atoms with Crippen LogP contribution in [-0.4, -0.2) is 20.2 Å². The minimum Gasteiger partial charge on any atom is -0.380 e. The summed E-state index contributed by atoms with van der Waals surface area (Å²) in [5, 5.41) is 16.3. The summed E-state index contributed by atoms with van der Waals surface area (Å²) in [5.41, 5.74) is 0.856. The molecule has 0 aliphatic heterocycles. The van der Waals surface area contributed by atoms with Crippen LogP contribution in [0.4, 0.5) is 0 Å². The van der Waals surface area contributed by atoms with E-state index in [2.05, 4.69) is 15.1 Å². The van der Waals surface area contributed by atoms with Crippen molar-refractivity contribution in [3.63, 3.8) is 0 Å². The van der Waals surface area contributed by atoms with Gasteiger partial charge in [-0.2, -0.15) is 4.98 Å². The lowest BCUT2D eigenvalue weighted by molar-refractivity contribution is -0.0287. The van der Waals surface area contributed by atoms with Crippen LogP contribution >= 0.6 is 11.6 Å². The molecule has 0 bridgehead atoms. The smallest absolute Gasteiger partial charge is 0.258 e. The lowest BCUT2D eigenvalue weighted by Gasteiger charge is -2.27. The fourth-order valence-electron chi connectivity index (χ4n) is 3.37. The summed E-state index contributed by atoms with van der Waals surface area (Å²) >= 11 is 6.23. The summed E-state index contributed by atoms with van der Waals surface area (Å²) in [7, 11) is 0. The molecule has 24 heavy (non-hydrogen) atoms. The van der Waals surface area contributed by atoms with Gasteiger partial charge >= 0.3 is 0 Å². The molecule has 3 aromatic rings. The number of fused-ring (bicyclic) bond motifs is 1. The molecule has 2 heterocycles. The predicted octanol–water partition coefficient (Wildman–Crippen LogP) is 4.01. The third kappa shape index (κ3) is 2.78. The van der Waals surface area contributed by atoms with E-state index in [9.17, 15) is 5.11 Å². The average molecular weight is 344 g/mol. The zero-order valence-electron chi connectivity index (χ0n) is 13.2. The van der Waals surface area contributed by atoms with Crippen LogP contribution in [0.3, 0.4) is 0 Å². The first kappa shape index (κ1) is 15.5. The number of aliphatic hydroxyl groups is 1. The van der Waals surface area contributed by atoms with Gasteiger partial charge in [-0.15, -0.1) is 0 Å². The highest BCUT2D eigenvalue weighted by Gasteiger charge is 2.36. The number of halogens is 1. The average Bonchev–Trinajstić information content (AvgIpc) is 3.08. The van der Waals surface area contributed by atoms with Gasteiger partial charge in [-0.25, -0.2) is 0 Å². The monoisotopic (exact) mass is 343 g/mol. The van der Waals surface area contributed by atoms with Gasteiger partial charge < -0.3 is 9.63 Å². The van der Waals surface area contributed by atoms with Crippen LogP contribution in [0.25, 0.3) is 10.9 Å². The molecule has 1 aliphatic carbocycles. The summed E-state index contributed by atoms with van der Waals surface area (Å²) in [6, 6.07) is 7.60. The number of aromatic nitrogens is 3. The summed E-state index contributed by atoms with van der Waals surface area (Å²) in [5.74, 6) is 0.890. The van der Waals surface area contributed by atoms with Gasteiger partial charge in [0.05, 0.1) is 5.52 Å². The van der Waals surface area contributed by atoms with Gasteiger partial charge in [-0.3, -0.25) is 4.98 Å². The van der Waals surface area contributed by atoms with Crippen molar-refractivity contribution < 1.29 is 9.63 Å². The highest BCUT2D eigenvalue weighted by atomic mass is 35.5. The molecule has 2 aromatic heterocycles. The van der Waals surface area contributed by atoms with E-state index in [4.69, 9.17) is 16.1 Å². The lowest BCUT2D eigenvalue weighted by Crippen LogP contribution is -2.28. The van der Waals surface area contributed by atoms with E-state index in [1.807, 2.05) is 24.3 Å². The van der Waals surface area contributed by atoms with Gasteiger partial charge in [0.2, 0.25) is 0 Å². The van der Waals surface area contributed by atoms with E-state index < -0.39 is 5.60 Å². The molecular formula is C18H18ClN3O2. The second-order valence-corrected chi connectivity index (χ2v) is 6.80. The first-order chi connectivity index (χ1) is 11.7. The fraction of sp³-hybridized carbons (Fsp3) is 0.389. The van der Waals surface area contributed by atoms with E-state index in [1.54, 1.807) is 6.20 Å². The van der Waals surface area contributed by atoms with Crippen molar-refractivity contribution in [2.45, 2.75) is 44.1 Å². The van der Waals surface area contributed by atoms with Gasteiger partial charge in [0, 0.05) is 23.0 Å². The van der Waals surface area contributed by atoms with Gasteiger partial charge in [-0.1, -0.05) is 42.1 Å². The van der Waals surface area contributed by atoms with E-state index in [1.165, 1.54) is 0 Å². The minimum atomic E-state index is -0.968. The molecule has 0 unspecified atom stereocenters. The number of hydrogen-bond acceptors (Lipinski definition) is 5. The van der Waals surface area contributed by atoms with Gasteiger partial charge in [0.1, 0.15) is 5.60 Å². The molecule has 1 aromatic carbocycles. The van der Waals surface area contributed by atoms with Crippen LogP contribution in [-0.2, 0) is 12.0 Å². The Morgan fingerprint density at radius 3 is 2.83 bits per heavy atom. The molecular weight excluding hydrogens is 326 g/mol. The first-order valence-electron chi connectivity index (χ1n) is 8.23. The first-order valence-corrected chi connectivity index (χ1v) is 8.61. The molecule has 1 N–H and O–H groups in total. The highest BCUT2D eigenvalue weighted by molar-refractivity contribution is 6.35. The number of benzene rings is 1. The minimum absolute atomic E-state index is 0.337. The Bertz CT molecular complexity index is 872. The molecule has 1 saturated carbocycles. The molecule has 0 radical (unpaired) electrons. The Labute approximate surface area is 144 Å². The fourth-order valence-corrected chi connectivity index (χ4v) is 3.59. The van der Waals surface area contributed by atoms with Gasteiger partial charge in [0.15, 0.2) is 5.82 Å². The summed E-state index contributed by atoms with van der Waals surface area (Å²) < 4.78 is 5.36. The number of hydrogen-bond donors (Lipinski definition) is 1. The highest BCUT2D eigenvalue weighted by Crippen LogP contribution is 2.36.